The number of nitrogens with zero attached hydrogens (tertiary/aromatic N) is 1. The summed E-state index contributed by atoms with van der Waals surface area (Å²) in [4.78, 5) is 3.76. The summed E-state index contributed by atoms with van der Waals surface area (Å²) in [5, 5.41) is 10.7. The van der Waals surface area contributed by atoms with Crippen LogP contribution in [0.3, 0.4) is 0 Å². The molecule has 0 spiro atoms. The number of hydrogen-bond acceptors (Lipinski definition) is 4. The molecule has 0 bridgehead atoms. The number of halogens is 1. The van der Waals surface area contributed by atoms with Crippen molar-refractivity contribution in [2.75, 3.05) is 26.2 Å². The van der Waals surface area contributed by atoms with Crippen molar-refractivity contribution < 1.29 is 9.84 Å². The van der Waals surface area contributed by atoms with Crippen LogP contribution in [0, 0.1) is 0 Å². The summed E-state index contributed by atoms with van der Waals surface area (Å²) >= 11 is 7.89. The van der Waals surface area contributed by atoms with E-state index in [0.29, 0.717) is 11.9 Å². The number of rotatable bonds is 6. The lowest BCUT2D eigenvalue weighted by Gasteiger charge is -2.31. The van der Waals surface area contributed by atoms with Crippen molar-refractivity contribution in [2.45, 2.75) is 23.0 Å². The summed E-state index contributed by atoms with van der Waals surface area (Å²) in [6, 6.07) is 15.0. The third-order valence-corrected chi connectivity index (χ3v) is 5.77. The summed E-state index contributed by atoms with van der Waals surface area (Å²) in [5.41, 5.74) is 0. The molecule has 128 valence electrons. The van der Waals surface area contributed by atoms with E-state index in [2.05, 4.69) is 17.0 Å². The van der Waals surface area contributed by atoms with Gasteiger partial charge in [-0.2, -0.15) is 0 Å². The maximum atomic E-state index is 9.26. The molecule has 5 heteroatoms. The average molecular weight is 364 g/mol. The smallest absolute Gasteiger partial charge is 0.119 e. The van der Waals surface area contributed by atoms with Gasteiger partial charge >= 0.3 is 0 Å². The Labute approximate surface area is 152 Å². The molecule has 0 aliphatic carbocycles. The summed E-state index contributed by atoms with van der Waals surface area (Å²) < 4.78 is 5.73. The minimum atomic E-state index is 0.266. The maximum Gasteiger partial charge on any atom is 0.119 e. The van der Waals surface area contributed by atoms with Crippen LogP contribution >= 0.6 is 23.4 Å². The molecule has 0 amide bonds. The number of phenolic OH excluding ortho intramolecular Hbond substituents is 1. The second-order valence-electron chi connectivity index (χ2n) is 5.96. The second-order valence-corrected chi connectivity index (χ2v) is 7.77. The number of ether oxygens (including phenoxy) is 1. The van der Waals surface area contributed by atoms with Crippen LogP contribution in [0.5, 0.6) is 11.5 Å². The van der Waals surface area contributed by atoms with Gasteiger partial charge in [-0.3, -0.25) is 4.90 Å². The highest BCUT2D eigenvalue weighted by Gasteiger charge is 2.19. The van der Waals surface area contributed by atoms with E-state index in [9.17, 15) is 5.11 Å². The molecule has 1 aliphatic rings. The predicted molar refractivity (Wildman–Crippen MR) is 100 cm³/mol. The van der Waals surface area contributed by atoms with E-state index in [4.69, 9.17) is 16.3 Å². The first kappa shape index (κ1) is 17.5. The Morgan fingerprint density at radius 1 is 1.04 bits per heavy atom. The molecule has 1 saturated heterocycles. The lowest BCUT2D eigenvalue weighted by molar-refractivity contribution is 0.185. The standard InChI is InChI=1S/C19H22ClNO2S/c20-15-1-7-18(8-2-15)24-19-9-11-21(12-10-19)13-14-23-17-5-3-16(22)4-6-17/h1-8,19,22H,9-14H2. The van der Waals surface area contributed by atoms with Crippen LogP contribution in [0.25, 0.3) is 0 Å². The van der Waals surface area contributed by atoms with Crippen LogP contribution in [-0.2, 0) is 0 Å². The second kappa shape index (κ2) is 8.65. The summed E-state index contributed by atoms with van der Waals surface area (Å²) in [5.74, 6) is 1.07. The van der Waals surface area contributed by atoms with Gasteiger partial charge in [0.15, 0.2) is 0 Å². The number of phenols is 1. The fourth-order valence-electron chi connectivity index (χ4n) is 2.79. The monoisotopic (exact) mass is 363 g/mol. The number of likely N-dealkylation sites (tertiary alicyclic amines) is 1. The summed E-state index contributed by atoms with van der Waals surface area (Å²) in [7, 11) is 0. The molecule has 3 nitrogen and oxygen atoms in total. The van der Waals surface area contributed by atoms with E-state index in [1.807, 2.05) is 23.9 Å². The van der Waals surface area contributed by atoms with Gasteiger partial charge in [0.05, 0.1) is 0 Å². The molecule has 1 heterocycles. The summed E-state index contributed by atoms with van der Waals surface area (Å²) in [6.45, 7) is 3.85. The molecule has 0 aromatic heterocycles. The lowest BCUT2D eigenvalue weighted by Crippen LogP contribution is -2.37. The largest absolute Gasteiger partial charge is 0.508 e. The van der Waals surface area contributed by atoms with Crippen molar-refractivity contribution in [3.63, 3.8) is 0 Å². The molecule has 3 rings (SSSR count). The highest BCUT2D eigenvalue weighted by atomic mass is 35.5. The van der Waals surface area contributed by atoms with E-state index in [-0.39, 0.29) is 5.75 Å². The molecule has 2 aromatic carbocycles. The van der Waals surface area contributed by atoms with Crippen molar-refractivity contribution in [3.8, 4) is 11.5 Å². The Kier molecular flexibility index (Phi) is 6.30. The maximum absolute atomic E-state index is 9.26. The Hall–Kier alpha value is -1.36. The van der Waals surface area contributed by atoms with E-state index in [0.717, 1.165) is 30.4 Å². The Morgan fingerprint density at radius 3 is 2.38 bits per heavy atom. The fourth-order valence-corrected chi connectivity index (χ4v) is 4.04. The SMILES string of the molecule is Oc1ccc(OCCN2CCC(Sc3ccc(Cl)cc3)CC2)cc1. The molecule has 1 aliphatic heterocycles. The zero-order valence-corrected chi connectivity index (χ0v) is 15.1. The lowest BCUT2D eigenvalue weighted by atomic mass is 10.1. The van der Waals surface area contributed by atoms with Crippen LogP contribution in [0.1, 0.15) is 12.8 Å². The molecule has 0 saturated carbocycles. The zero-order chi connectivity index (χ0) is 16.8. The molecular weight excluding hydrogens is 342 g/mol. The molecule has 1 fully saturated rings. The van der Waals surface area contributed by atoms with E-state index in [1.54, 1.807) is 24.3 Å². The molecule has 1 N–H and O–H groups in total. The Balaban J connectivity index is 1.36. The van der Waals surface area contributed by atoms with Crippen LogP contribution in [0.15, 0.2) is 53.4 Å². The van der Waals surface area contributed by atoms with Crippen molar-refractivity contribution in [1.29, 1.82) is 0 Å². The topological polar surface area (TPSA) is 32.7 Å². The highest BCUT2D eigenvalue weighted by Crippen LogP contribution is 2.31. The van der Waals surface area contributed by atoms with Gasteiger partial charge in [0, 0.05) is 21.7 Å². The van der Waals surface area contributed by atoms with E-state index in [1.165, 1.54) is 17.7 Å². The minimum absolute atomic E-state index is 0.266. The molecular formula is C19H22ClNO2S. The minimum Gasteiger partial charge on any atom is -0.508 e. The van der Waals surface area contributed by atoms with E-state index >= 15 is 0 Å². The molecule has 24 heavy (non-hydrogen) atoms. The van der Waals surface area contributed by atoms with Gasteiger partial charge in [0.1, 0.15) is 18.1 Å². The molecule has 0 atom stereocenters. The number of thioether (sulfide) groups is 1. The average Bonchev–Trinajstić information content (AvgIpc) is 2.60. The van der Waals surface area contributed by atoms with Crippen LogP contribution in [0.2, 0.25) is 5.02 Å². The zero-order valence-electron chi connectivity index (χ0n) is 13.5. The molecule has 0 radical (unpaired) electrons. The van der Waals surface area contributed by atoms with Crippen LogP contribution in [0.4, 0.5) is 0 Å². The van der Waals surface area contributed by atoms with Crippen molar-refractivity contribution in [2.24, 2.45) is 0 Å². The van der Waals surface area contributed by atoms with Crippen molar-refractivity contribution in [1.82, 2.24) is 4.90 Å². The van der Waals surface area contributed by atoms with Gasteiger partial charge in [-0.1, -0.05) is 11.6 Å². The normalized spacial score (nSPS) is 16.2. The van der Waals surface area contributed by atoms with E-state index < -0.39 is 0 Å². The van der Waals surface area contributed by atoms with Gasteiger partial charge < -0.3 is 9.84 Å². The molecule has 2 aromatic rings. The van der Waals surface area contributed by atoms with Crippen LogP contribution < -0.4 is 4.74 Å². The summed E-state index contributed by atoms with van der Waals surface area (Å²) in [6.07, 6.45) is 2.40. The quantitative estimate of drug-likeness (QED) is 0.807. The molecule has 0 unspecified atom stereocenters. The highest BCUT2D eigenvalue weighted by molar-refractivity contribution is 8.00. The van der Waals surface area contributed by atoms with Crippen LogP contribution in [-0.4, -0.2) is 41.5 Å². The first-order valence-electron chi connectivity index (χ1n) is 8.25. The third kappa shape index (κ3) is 5.33. The van der Waals surface area contributed by atoms with Gasteiger partial charge in [0.25, 0.3) is 0 Å². The Morgan fingerprint density at radius 2 is 1.71 bits per heavy atom. The predicted octanol–water partition coefficient (Wildman–Crippen LogP) is 4.68. The first-order valence-corrected chi connectivity index (χ1v) is 9.51. The number of piperidine rings is 1. The van der Waals surface area contributed by atoms with Gasteiger partial charge in [-0.05, 0) is 74.5 Å². The van der Waals surface area contributed by atoms with Crippen molar-refractivity contribution >= 4 is 23.4 Å². The number of benzene rings is 2. The number of hydrogen-bond donors (Lipinski definition) is 1. The van der Waals surface area contributed by atoms with Crippen molar-refractivity contribution in [3.05, 3.63) is 53.6 Å². The first-order chi connectivity index (χ1) is 11.7. The third-order valence-electron chi connectivity index (χ3n) is 4.16. The fraction of sp³-hybridized carbons (Fsp3) is 0.368. The Bertz CT molecular complexity index is 625. The number of aromatic hydroxyl groups is 1. The van der Waals surface area contributed by atoms with Gasteiger partial charge in [-0.25, -0.2) is 0 Å². The van der Waals surface area contributed by atoms with Gasteiger partial charge in [0.2, 0.25) is 0 Å². The van der Waals surface area contributed by atoms with Gasteiger partial charge in [-0.15, -0.1) is 11.8 Å².